The van der Waals surface area contributed by atoms with Crippen LogP contribution in [0.25, 0.3) is 0 Å². The van der Waals surface area contributed by atoms with Gasteiger partial charge >= 0.3 is 0 Å². The smallest absolute Gasteiger partial charge is 0.251 e. The average molecular weight is 258 g/mol. The lowest BCUT2D eigenvalue weighted by molar-refractivity contribution is 0.0963. The second kappa shape index (κ2) is 5.56. The molecule has 2 aromatic rings. The van der Waals surface area contributed by atoms with Gasteiger partial charge < -0.3 is 10.6 Å². The van der Waals surface area contributed by atoms with E-state index in [9.17, 15) is 4.79 Å². The van der Waals surface area contributed by atoms with Crippen LogP contribution in [0.3, 0.4) is 0 Å². The Morgan fingerprint density at radius 1 is 1.42 bits per heavy atom. The lowest BCUT2D eigenvalue weighted by Crippen LogP contribution is -2.17. The van der Waals surface area contributed by atoms with Gasteiger partial charge in [0, 0.05) is 43.7 Å². The number of carbonyl (C=O) groups excluding carboxylic acids is 1. The molecule has 5 nitrogen and oxygen atoms in total. The summed E-state index contributed by atoms with van der Waals surface area (Å²) in [7, 11) is 3.53. The topological polar surface area (TPSA) is 59.0 Å². The predicted octanol–water partition coefficient (Wildman–Crippen LogP) is 1.70. The van der Waals surface area contributed by atoms with Crippen LogP contribution in [-0.2, 0) is 13.6 Å². The molecule has 2 N–H and O–H groups in total. The third kappa shape index (κ3) is 3.13. The fourth-order valence-corrected chi connectivity index (χ4v) is 1.91. The molecule has 0 aliphatic carbocycles. The maximum absolute atomic E-state index is 11.5. The minimum absolute atomic E-state index is 0.0677. The highest BCUT2D eigenvalue weighted by molar-refractivity contribution is 5.94. The van der Waals surface area contributed by atoms with Crippen molar-refractivity contribution in [1.82, 2.24) is 15.1 Å². The van der Waals surface area contributed by atoms with E-state index in [4.69, 9.17) is 0 Å². The summed E-state index contributed by atoms with van der Waals surface area (Å²) in [5.74, 6) is -0.0677. The maximum Gasteiger partial charge on any atom is 0.251 e. The van der Waals surface area contributed by atoms with Crippen LogP contribution in [0, 0.1) is 6.92 Å². The maximum atomic E-state index is 11.5. The summed E-state index contributed by atoms with van der Waals surface area (Å²) in [6, 6.07) is 5.62. The van der Waals surface area contributed by atoms with Gasteiger partial charge in [-0.05, 0) is 30.7 Å². The SMILES string of the molecule is CNC(=O)c1ccc(NCc2cnn(C)c2)c(C)c1. The number of hydrogen-bond acceptors (Lipinski definition) is 3. The van der Waals surface area contributed by atoms with Crippen molar-refractivity contribution in [1.29, 1.82) is 0 Å². The highest BCUT2D eigenvalue weighted by Crippen LogP contribution is 2.17. The van der Waals surface area contributed by atoms with E-state index in [0.717, 1.165) is 16.8 Å². The van der Waals surface area contributed by atoms with Crippen molar-refractivity contribution in [2.75, 3.05) is 12.4 Å². The summed E-state index contributed by atoms with van der Waals surface area (Å²) >= 11 is 0. The minimum Gasteiger partial charge on any atom is -0.381 e. The average Bonchev–Trinajstić information content (AvgIpc) is 2.82. The Morgan fingerprint density at radius 3 is 2.79 bits per heavy atom. The summed E-state index contributed by atoms with van der Waals surface area (Å²) in [6.45, 7) is 2.70. The Balaban J connectivity index is 2.07. The van der Waals surface area contributed by atoms with Gasteiger partial charge in [0.1, 0.15) is 0 Å². The summed E-state index contributed by atoms with van der Waals surface area (Å²) in [6.07, 6.45) is 3.81. The van der Waals surface area contributed by atoms with E-state index in [0.29, 0.717) is 12.1 Å². The first-order valence-electron chi connectivity index (χ1n) is 6.14. The Hall–Kier alpha value is -2.30. The van der Waals surface area contributed by atoms with E-state index in [-0.39, 0.29) is 5.91 Å². The number of nitrogens with one attached hydrogen (secondary N) is 2. The number of carbonyl (C=O) groups is 1. The highest BCUT2D eigenvalue weighted by Gasteiger charge is 2.06. The molecule has 0 unspecified atom stereocenters. The van der Waals surface area contributed by atoms with E-state index in [1.165, 1.54) is 0 Å². The summed E-state index contributed by atoms with van der Waals surface area (Å²) in [5, 5.41) is 10.1. The molecule has 2 rings (SSSR count). The molecule has 0 saturated carbocycles. The normalized spacial score (nSPS) is 10.3. The third-order valence-corrected chi connectivity index (χ3v) is 2.96. The van der Waals surface area contributed by atoms with Crippen LogP contribution >= 0.6 is 0 Å². The monoisotopic (exact) mass is 258 g/mol. The van der Waals surface area contributed by atoms with E-state index >= 15 is 0 Å². The van der Waals surface area contributed by atoms with E-state index in [1.54, 1.807) is 11.7 Å². The zero-order valence-electron chi connectivity index (χ0n) is 11.4. The number of anilines is 1. The number of aryl methyl sites for hydroxylation is 2. The molecule has 1 amide bonds. The van der Waals surface area contributed by atoms with Gasteiger partial charge in [-0.1, -0.05) is 0 Å². The molecule has 0 aliphatic heterocycles. The molecular formula is C14H18N4O. The van der Waals surface area contributed by atoms with Crippen molar-refractivity contribution in [3.63, 3.8) is 0 Å². The molecule has 19 heavy (non-hydrogen) atoms. The van der Waals surface area contributed by atoms with Gasteiger partial charge in [-0.3, -0.25) is 9.48 Å². The Kier molecular flexibility index (Phi) is 3.85. The van der Waals surface area contributed by atoms with Gasteiger partial charge in [0.05, 0.1) is 6.20 Å². The summed E-state index contributed by atoms with van der Waals surface area (Å²) in [5.41, 5.74) is 3.87. The second-order valence-electron chi connectivity index (χ2n) is 4.48. The number of amides is 1. The zero-order valence-corrected chi connectivity index (χ0v) is 11.4. The van der Waals surface area contributed by atoms with E-state index in [1.807, 2.05) is 44.6 Å². The first kappa shape index (κ1) is 13.1. The molecule has 1 heterocycles. The predicted molar refractivity (Wildman–Crippen MR) is 75.1 cm³/mol. The third-order valence-electron chi connectivity index (χ3n) is 2.96. The molecule has 0 bridgehead atoms. The fourth-order valence-electron chi connectivity index (χ4n) is 1.91. The molecule has 0 saturated heterocycles. The van der Waals surface area contributed by atoms with Crippen molar-refractivity contribution >= 4 is 11.6 Å². The zero-order chi connectivity index (χ0) is 13.8. The van der Waals surface area contributed by atoms with Crippen LogP contribution in [0.4, 0.5) is 5.69 Å². The molecule has 0 fully saturated rings. The van der Waals surface area contributed by atoms with Crippen LogP contribution in [0.15, 0.2) is 30.6 Å². The molecule has 1 aromatic heterocycles. The number of benzene rings is 1. The van der Waals surface area contributed by atoms with Crippen LogP contribution < -0.4 is 10.6 Å². The van der Waals surface area contributed by atoms with Crippen molar-refractivity contribution in [2.45, 2.75) is 13.5 Å². The number of hydrogen-bond donors (Lipinski definition) is 2. The molecule has 0 atom stereocenters. The molecule has 5 heteroatoms. The van der Waals surface area contributed by atoms with Gasteiger partial charge in [0.15, 0.2) is 0 Å². The van der Waals surface area contributed by atoms with Crippen LogP contribution in [0.1, 0.15) is 21.5 Å². The van der Waals surface area contributed by atoms with E-state index < -0.39 is 0 Å². The van der Waals surface area contributed by atoms with Crippen LogP contribution in [-0.4, -0.2) is 22.7 Å². The Morgan fingerprint density at radius 2 is 2.21 bits per heavy atom. The van der Waals surface area contributed by atoms with Crippen LogP contribution in [0.2, 0.25) is 0 Å². The lowest BCUT2D eigenvalue weighted by atomic mass is 10.1. The summed E-state index contributed by atoms with van der Waals surface area (Å²) < 4.78 is 1.78. The van der Waals surface area contributed by atoms with Crippen molar-refractivity contribution in [3.05, 3.63) is 47.3 Å². The first-order valence-corrected chi connectivity index (χ1v) is 6.14. The van der Waals surface area contributed by atoms with Gasteiger partial charge in [-0.15, -0.1) is 0 Å². The molecule has 0 aliphatic rings. The second-order valence-corrected chi connectivity index (χ2v) is 4.48. The van der Waals surface area contributed by atoms with Crippen molar-refractivity contribution in [3.8, 4) is 0 Å². The largest absolute Gasteiger partial charge is 0.381 e. The van der Waals surface area contributed by atoms with Gasteiger partial charge in [0.25, 0.3) is 5.91 Å². The number of nitrogens with zero attached hydrogens (tertiary/aromatic N) is 2. The van der Waals surface area contributed by atoms with E-state index in [2.05, 4.69) is 15.7 Å². The molecule has 1 aromatic carbocycles. The van der Waals surface area contributed by atoms with Gasteiger partial charge in [-0.2, -0.15) is 5.10 Å². The van der Waals surface area contributed by atoms with Crippen LogP contribution in [0.5, 0.6) is 0 Å². The standard InChI is InChI=1S/C14H18N4O/c1-10-6-12(14(19)15-2)4-5-13(10)16-7-11-8-17-18(3)9-11/h4-6,8-9,16H,7H2,1-3H3,(H,15,19). The highest BCUT2D eigenvalue weighted by atomic mass is 16.1. The minimum atomic E-state index is -0.0677. The van der Waals surface area contributed by atoms with Crippen molar-refractivity contribution < 1.29 is 4.79 Å². The molecule has 100 valence electrons. The Labute approximate surface area is 112 Å². The number of aromatic nitrogens is 2. The molecule has 0 radical (unpaired) electrons. The van der Waals surface area contributed by atoms with Gasteiger partial charge in [0.2, 0.25) is 0 Å². The summed E-state index contributed by atoms with van der Waals surface area (Å²) in [4.78, 5) is 11.5. The molecular weight excluding hydrogens is 240 g/mol. The molecule has 0 spiro atoms. The first-order chi connectivity index (χ1) is 9.10. The van der Waals surface area contributed by atoms with Gasteiger partial charge in [-0.25, -0.2) is 0 Å². The van der Waals surface area contributed by atoms with Crippen molar-refractivity contribution in [2.24, 2.45) is 7.05 Å². The quantitative estimate of drug-likeness (QED) is 0.877. The lowest BCUT2D eigenvalue weighted by Gasteiger charge is -2.10. The Bertz CT molecular complexity index is 589. The fraction of sp³-hybridized carbons (Fsp3) is 0.286. The number of rotatable bonds is 4.